The molecule has 0 radical (unpaired) electrons. The summed E-state index contributed by atoms with van der Waals surface area (Å²) in [5, 5.41) is 2.26. The SMILES string of the molecule is Cc1cnc(C(C)Nc2c(F)c(F)nc(F)c2F)o1. The molecule has 1 unspecified atom stereocenters. The van der Waals surface area contributed by atoms with Gasteiger partial charge in [-0.25, -0.2) is 4.98 Å². The summed E-state index contributed by atoms with van der Waals surface area (Å²) < 4.78 is 57.7. The van der Waals surface area contributed by atoms with Crippen LogP contribution in [0.15, 0.2) is 10.6 Å². The summed E-state index contributed by atoms with van der Waals surface area (Å²) in [6, 6.07) is -0.779. The van der Waals surface area contributed by atoms with E-state index in [0.717, 1.165) is 0 Å². The molecule has 0 saturated carbocycles. The van der Waals surface area contributed by atoms with Crippen LogP contribution in [0.2, 0.25) is 0 Å². The first-order chi connectivity index (χ1) is 8.90. The first-order valence-corrected chi connectivity index (χ1v) is 5.29. The topological polar surface area (TPSA) is 51.0 Å². The van der Waals surface area contributed by atoms with E-state index >= 15 is 0 Å². The summed E-state index contributed by atoms with van der Waals surface area (Å²) in [5.41, 5.74) is -0.951. The number of aromatic nitrogens is 2. The quantitative estimate of drug-likeness (QED) is 0.690. The molecule has 2 rings (SSSR count). The van der Waals surface area contributed by atoms with E-state index in [1.54, 1.807) is 6.92 Å². The van der Waals surface area contributed by atoms with Gasteiger partial charge in [-0.3, -0.25) is 0 Å². The van der Waals surface area contributed by atoms with Gasteiger partial charge >= 0.3 is 0 Å². The highest BCUT2D eigenvalue weighted by atomic mass is 19.2. The van der Waals surface area contributed by atoms with E-state index in [1.165, 1.54) is 13.1 Å². The van der Waals surface area contributed by atoms with E-state index in [-0.39, 0.29) is 5.89 Å². The second-order valence-corrected chi connectivity index (χ2v) is 3.87. The lowest BCUT2D eigenvalue weighted by Gasteiger charge is -2.13. The van der Waals surface area contributed by atoms with Gasteiger partial charge in [0.15, 0.2) is 0 Å². The molecule has 0 bridgehead atoms. The molecule has 1 N–H and O–H groups in total. The maximum absolute atomic E-state index is 13.4. The van der Waals surface area contributed by atoms with Crippen LogP contribution >= 0.6 is 0 Å². The van der Waals surface area contributed by atoms with Crippen molar-refractivity contribution in [2.45, 2.75) is 19.9 Å². The lowest BCUT2D eigenvalue weighted by atomic mass is 10.3. The highest BCUT2D eigenvalue weighted by Gasteiger charge is 2.23. The van der Waals surface area contributed by atoms with Gasteiger partial charge in [0.25, 0.3) is 11.9 Å². The zero-order valence-corrected chi connectivity index (χ0v) is 9.97. The monoisotopic (exact) mass is 275 g/mol. The molecule has 102 valence electrons. The molecule has 0 fully saturated rings. The summed E-state index contributed by atoms with van der Waals surface area (Å²) >= 11 is 0. The summed E-state index contributed by atoms with van der Waals surface area (Å²) in [5.74, 6) is -6.02. The predicted octanol–water partition coefficient (Wildman–Crippen LogP) is 3.11. The molecule has 0 aromatic carbocycles. The average molecular weight is 275 g/mol. The zero-order valence-electron chi connectivity index (χ0n) is 9.97. The van der Waals surface area contributed by atoms with Crippen LogP contribution in [0.1, 0.15) is 24.6 Å². The third kappa shape index (κ3) is 2.51. The van der Waals surface area contributed by atoms with Crippen molar-refractivity contribution in [3.05, 3.63) is 41.4 Å². The molecule has 8 heteroatoms. The first kappa shape index (κ1) is 13.3. The molecular weight excluding hydrogens is 266 g/mol. The van der Waals surface area contributed by atoms with Crippen LogP contribution in [0.5, 0.6) is 0 Å². The zero-order chi connectivity index (χ0) is 14.2. The number of oxazole rings is 1. The van der Waals surface area contributed by atoms with E-state index in [0.29, 0.717) is 5.76 Å². The second kappa shape index (κ2) is 4.87. The van der Waals surface area contributed by atoms with Crippen LogP contribution in [-0.2, 0) is 0 Å². The molecule has 0 aliphatic heterocycles. The average Bonchev–Trinajstić information content (AvgIpc) is 2.79. The van der Waals surface area contributed by atoms with Gasteiger partial charge in [-0.15, -0.1) is 0 Å². The van der Waals surface area contributed by atoms with Crippen LogP contribution in [0.3, 0.4) is 0 Å². The van der Waals surface area contributed by atoms with Gasteiger partial charge in [0, 0.05) is 0 Å². The van der Waals surface area contributed by atoms with E-state index in [1.807, 2.05) is 0 Å². The van der Waals surface area contributed by atoms with E-state index in [4.69, 9.17) is 4.42 Å². The van der Waals surface area contributed by atoms with Crippen LogP contribution < -0.4 is 5.32 Å². The van der Waals surface area contributed by atoms with Crippen LogP contribution in [0.25, 0.3) is 0 Å². The Morgan fingerprint density at radius 1 is 1.16 bits per heavy atom. The number of nitrogens with zero attached hydrogens (tertiary/aromatic N) is 2. The smallest absolute Gasteiger partial charge is 0.253 e. The van der Waals surface area contributed by atoms with Gasteiger partial charge in [0.05, 0.1) is 6.20 Å². The highest BCUT2D eigenvalue weighted by molar-refractivity contribution is 5.46. The standard InChI is InChI=1S/C11H9F4N3O/c1-4-3-16-11(19-4)5(2)17-8-6(12)9(14)18-10(15)7(8)13/h3,5H,1-2H3,(H,17,18). The van der Waals surface area contributed by atoms with Crippen molar-refractivity contribution in [2.24, 2.45) is 0 Å². The number of aryl methyl sites for hydroxylation is 1. The lowest BCUT2D eigenvalue weighted by Crippen LogP contribution is -2.13. The maximum atomic E-state index is 13.4. The molecule has 2 heterocycles. The van der Waals surface area contributed by atoms with Gasteiger partial charge in [0.2, 0.25) is 17.5 Å². The third-order valence-corrected chi connectivity index (χ3v) is 2.37. The molecule has 1 atom stereocenters. The van der Waals surface area contributed by atoms with Gasteiger partial charge < -0.3 is 9.73 Å². The molecule has 4 nitrogen and oxygen atoms in total. The van der Waals surface area contributed by atoms with Gasteiger partial charge in [-0.2, -0.15) is 22.5 Å². The number of hydrogen-bond acceptors (Lipinski definition) is 4. The van der Waals surface area contributed by atoms with Crippen molar-refractivity contribution in [3.8, 4) is 0 Å². The Labute approximate surface area is 105 Å². The normalized spacial score (nSPS) is 12.5. The second-order valence-electron chi connectivity index (χ2n) is 3.87. The summed E-state index contributed by atoms with van der Waals surface area (Å²) in [6.45, 7) is 3.11. The van der Waals surface area contributed by atoms with Crippen molar-refractivity contribution in [1.29, 1.82) is 0 Å². The van der Waals surface area contributed by atoms with E-state index < -0.39 is 35.3 Å². The first-order valence-electron chi connectivity index (χ1n) is 5.29. The minimum atomic E-state index is -1.72. The summed E-state index contributed by atoms with van der Waals surface area (Å²) in [6.07, 6.45) is 1.41. The van der Waals surface area contributed by atoms with Gasteiger partial charge in [-0.05, 0) is 13.8 Å². The maximum Gasteiger partial charge on any atom is 0.253 e. The number of pyridine rings is 1. The minimum absolute atomic E-state index is 0.133. The van der Waals surface area contributed by atoms with E-state index in [9.17, 15) is 17.6 Å². The van der Waals surface area contributed by atoms with Crippen molar-refractivity contribution >= 4 is 5.69 Å². The Morgan fingerprint density at radius 2 is 1.74 bits per heavy atom. The molecule has 2 aromatic rings. The van der Waals surface area contributed by atoms with Crippen LogP contribution in [-0.4, -0.2) is 9.97 Å². The molecule has 2 aromatic heterocycles. The van der Waals surface area contributed by atoms with Gasteiger partial charge in [0.1, 0.15) is 17.5 Å². The Morgan fingerprint density at radius 3 is 2.21 bits per heavy atom. The van der Waals surface area contributed by atoms with Crippen molar-refractivity contribution in [2.75, 3.05) is 5.32 Å². The van der Waals surface area contributed by atoms with Crippen LogP contribution in [0, 0.1) is 30.5 Å². The molecule has 0 aliphatic carbocycles. The lowest BCUT2D eigenvalue weighted by molar-refractivity contribution is 0.406. The molecular formula is C11H9F4N3O. The van der Waals surface area contributed by atoms with Crippen molar-refractivity contribution in [1.82, 2.24) is 9.97 Å². The van der Waals surface area contributed by atoms with E-state index in [2.05, 4.69) is 15.3 Å². The Kier molecular flexibility index (Phi) is 3.41. The number of halogens is 4. The molecule has 19 heavy (non-hydrogen) atoms. The highest BCUT2D eigenvalue weighted by Crippen LogP contribution is 2.26. The number of nitrogens with one attached hydrogen (secondary N) is 1. The fourth-order valence-electron chi connectivity index (χ4n) is 1.46. The molecule has 0 aliphatic rings. The summed E-state index contributed by atoms with van der Waals surface area (Å²) in [7, 11) is 0. The largest absolute Gasteiger partial charge is 0.444 e. The molecule has 0 saturated heterocycles. The van der Waals surface area contributed by atoms with Crippen LogP contribution in [0.4, 0.5) is 23.2 Å². The number of hydrogen-bond donors (Lipinski definition) is 1. The minimum Gasteiger partial charge on any atom is -0.444 e. The third-order valence-electron chi connectivity index (χ3n) is 2.37. The van der Waals surface area contributed by atoms with Crippen molar-refractivity contribution < 1.29 is 22.0 Å². The number of anilines is 1. The Bertz CT molecular complexity index is 588. The van der Waals surface area contributed by atoms with Crippen molar-refractivity contribution in [3.63, 3.8) is 0 Å². The Hall–Kier alpha value is -2.12. The molecule has 0 spiro atoms. The predicted molar refractivity (Wildman–Crippen MR) is 57.3 cm³/mol. The fourth-order valence-corrected chi connectivity index (χ4v) is 1.46. The number of rotatable bonds is 3. The Balaban J connectivity index is 2.33. The fraction of sp³-hybridized carbons (Fsp3) is 0.273. The molecule has 0 amide bonds. The summed E-state index contributed by atoms with van der Waals surface area (Å²) in [4.78, 5) is 6.29. The van der Waals surface area contributed by atoms with Gasteiger partial charge in [-0.1, -0.05) is 0 Å².